The van der Waals surface area contributed by atoms with Crippen molar-refractivity contribution in [2.45, 2.75) is 0 Å². The van der Waals surface area contributed by atoms with E-state index in [0.29, 0.717) is 16.3 Å². The van der Waals surface area contributed by atoms with Crippen molar-refractivity contribution >= 4 is 27.5 Å². The van der Waals surface area contributed by atoms with Gasteiger partial charge in [0.1, 0.15) is 11.6 Å². The predicted octanol–water partition coefficient (Wildman–Crippen LogP) is 5.00. The maximum atomic E-state index is 12.3. The summed E-state index contributed by atoms with van der Waals surface area (Å²) in [5.74, 6) is 0. The number of benzene rings is 2. The molecule has 5 heteroatoms. The Labute approximate surface area is 146 Å². The quantitative estimate of drug-likeness (QED) is 0.675. The molecule has 0 saturated carbocycles. The Kier molecular flexibility index (Phi) is 4.33. The lowest BCUT2D eigenvalue weighted by atomic mass is 9.99. The number of H-pyrrole nitrogens is 1. The highest BCUT2D eigenvalue weighted by Crippen LogP contribution is 2.31. The molecule has 0 amide bonds. The zero-order valence-corrected chi connectivity index (χ0v) is 14.1. The number of nitrogens with zero attached hydrogens (tertiary/aromatic N) is 1. The number of nitriles is 1. The molecule has 0 radical (unpaired) electrons. The molecule has 2 aromatic carbocycles. The van der Waals surface area contributed by atoms with E-state index in [0.717, 1.165) is 15.6 Å². The molecule has 23 heavy (non-hydrogen) atoms. The number of nitrogens with one attached hydrogen (secondary N) is 1. The average molecular weight is 386 g/mol. The van der Waals surface area contributed by atoms with Crippen molar-refractivity contribution in [3.8, 4) is 28.5 Å². The molecule has 0 aliphatic heterocycles. The van der Waals surface area contributed by atoms with Crippen LogP contribution in [0.25, 0.3) is 22.4 Å². The van der Waals surface area contributed by atoms with Crippen molar-refractivity contribution in [2.75, 3.05) is 0 Å². The third-order valence-corrected chi connectivity index (χ3v) is 4.37. The molecular weight excluding hydrogens is 376 g/mol. The zero-order valence-electron chi connectivity index (χ0n) is 11.8. The van der Waals surface area contributed by atoms with Crippen molar-refractivity contribution in [1.29, 1.82) is 5.26 Å². The molecule has 0 bridgehead atoms. The lowest BCUT2D eigenvalue weighted by Crippen LogP contribution is -2.12. The highest BCUT2D eigenvalue weighted by atomic mass is 79.9. The monoisotopic (exact) mass is 384 g/mol. The molecule has 3 nitrogen and oxygen atoms in total. The summed E-state index contributed by atoms with van der Waals surface area (Å²) < 4.78 is 0.859. The summed E-state index contributed by atoms with van der Waals surface area (Å²) in [5, 5.41) is 9.88. The van der Waals surface area contributed by atoms with Gasteiger partial charge in [-0.1, -0.05) is 57.9 Å². The zero-order chi connectivity index (χ0) is 16.4. The van der Waals surface area contributed by atoms with Crippen LogP contribution in [0.4, 0.5) is 0 Å². The van der Waals surface area contributed by atoms with Crippen LogP contribution in [0.15, 0.2) is 63.9 Å². The molecule has 1 N–H and O–H groups in total. The molecule has 0 atom stereocenters. The maximum Gasteiger partial charge on any atom is 0.266 e. The topological polar surface area (TPSA) is 56.6 Å². The van der Waals surface area contributed by atoms with Crippen LogP contribution in [0.5, 0.6) is 0 Å². The van der Waals surface area contributed by atoms with E-state index in [2.05, 4.69) is 20.9 Å². The fraction of sp³-hybridized carbons (Fsp3) is 0. The largest absolute Gasteiger partial charge is 0.321 e. The normalized spacial score (nSPS) is 10.3. The van der Waals surface area contributed by atoms with E-state index in [-0.39, 0.29) is 5.56 Å². The molecule has 0 saturated heterocycles. The maximum absolute atomic E-state index is 12.3. The Bertz CT molecular complexity index is 989. The van der Waals surface area contributed by atoms with Gasteiger partial charge in [-0.05, 0) is 29.8 Å². The number of hydrogen-bond donors (Lipinski definition) is 1. The molecule has 3 rings (SSSR count). The summed E-state index contributed by atoms with van der Waals surface area (Å²) >= 11 is 9.51. The molecule has 1 heterocycles. The van der Waals surface area contributed by atoms with E-state index in [4.69, 9.17) is 11.6 Å². The van der Waals surface area contributed by atoms with Crippen LogP contribution >= 0.6 is 27.5 Å². The molecular formula is C18H10BrClN2O. The van der Waals surface area contributed by atoms with E-state index in [1.807, 2.05) is 36.4 Å². The van der Waals surface area contributed by atoms with E-state index < -0.39 is 5.56 Å². The lowest BCUT2D eigenvalue weighted by Gasteiger charge is -2.09. The first-order valence-corrected chi connectivity index (χ1v) is 7.95. The predicted molar refractivity (Wildman–Crippen MR) is 95.4 cm³/mol. The van der Waals surface area contributed by atoms with Crippen molar-refractivity contribution in [3.05, 3.63) is 80.0 Å². The van der Waals surface area contributed by atoms with Crippen molar-refractivity contribution in [1.82, 2.24) is 4.98 Å². The van der Waals surface area contributed by atoms with Crippen molar-refractivity contribution in [2.24, 2.45) is 0 Å². The number of hydrogen-bond acceptors (Lipinski definition) is 2. The van der Waals surface area contributed by atoms with Crippen molar-refractivity contribution < 1.29 is 0 Å². The van der Waals surface area contributed by atoms with E-state index in [9.17, 15) is 10.1 Å². The Morgan fingerprint density at radius 2 is 1.83 bits per heavy atom. The van der Waals surface area contributed by atoms with Gasteiger partial charge in [0, 0.05) is 20.6 Å². The lowest BCUT2D eigenvalue weighted by molar-refractivity contribution is 1.22. The molecule has 1 aromatic heterocycles. The summed E-state index contributed by atoms with van der Waals surface area (Å²) in [4.78, 5) is 15.1. The summed E-state index contributed by atoms with van der Waals surface area (Å²) in [7, 11) is 0. The Balaban J connectivity index is 2.30. The fourth-order valence-corrected chi connectivity index (χ4v) is 3.07. The second-order valence-corrected chi connectivity index (χ2v) is 6.19. The molecule has 0 aliphatic carbocycles. The smallest absolute Gasteiger partial charge is 0.266 e. The minimum Gasteiger partial charge on any atom is -0.321 e. The van der Waals surface area contributed by atoms with Crippen LogP contribution in [-0.2, 0) is 0 Å². The van der Waals surface area contributed by atoms with Crippen molar-refractivity contribution in [3.63, 3.8) is 0 Å². The summed E-state index contributed by atoms with van der Waals surface area (Å²) in [6.45, 7) is 0. The van der Waals surface area contributed by atoms with Gasteiger partial charge in [0.05, 0.1) is 5.69 Å². The molecule has 112 valence electrons. The SMILES string of the molecule is N#Cc1c(-c2cccc(Cl)c2)cc(-c2ccccc2Br)[nH]c1=O. The summed E-state index contributed by atoms with van der Waals surface area (Å²) in [5.41, 5.74) is 2.42. The highest BCUT2D eigenvalue weighted by molar-refractivity contribution is 9.10. The molecule has 0 spiro atoms. The minimum atomic E-state index is -0.421. The second-order valence-electron chi connectivity index (χ2n) is 4.90. The van der Waals surface area contributed by atoms with Gasteiger partial charge in [-0.2, -0.15) is 5.26 Å². The first kappa shape index (κ1) is 15.5. The molecule has 0 unspecified atom stereocenters. The number of pyridine rings is 1. The molecule has 0 aliphatic rings. The van der Waals surface area contributed by atoms with Gasteiger partial charge in [0.25, 0.3) is 5.56 Å². The van der Waals surface area contributed by atoms with Crippen LogP contribution in [0, 0.1) is 11.3 Å². The third kappa shape index (κ3) is 3.07. The number of aromatic nitrogens is 1. The number of halogens is 2. The van der Waals surface area contributed by atoms with Crippen LogP contribution in [0.3, 0.4) is 0 Å². The van der Waals surface area contributed by atoms with Crippen LogP contribution < -0.4 is 5.56 Å². The van der Waals surface area contributed by atoms with Gasteiger partial charge in [-0.3, -0.25) is 4.79 Å². The van der Waals surface area contributed by atoms with Gasteiger partial charge in [-0.25, -0.2) is 0 Å². The number of rotatable bonds is 2. The first-order valence-electron chi connectivity index (χ1n) is 6.78. The van der Waals surface area contributed by atoms with Crippen LogP contribution in [0.1, 0.15) is 5.56 Å². The van der Waals surface area contributed by atoms with E-state index in [1.165, 1.54) is 0 Å². The Morgan fingerprint density at radius 3 is 2.52 bits per heavy atom. The standard InChI is InChI=1S/C18H10BrClN2O/c19-16-7-2-1-6-13(16)17-9-14(15(10-21)18(23)22-17)11-4-3-5-12(20)8-11/h1-9H,(H,22,23). The Hall–Kier alpha value is -2.35. The van der Waals surface area contributed by atoms with Gasteiger partial charge in [0.15, 0.2) is 0 Å². The first-order chi connectivity index (χ1) is 11.1. The third-order valence-electron chi connectivity index (χ3n) is 3.44. The van der Waals surface area contributed by atoms with E-state index in [1.54, 1.807) is 24.3 Å². The highest BCUT2D eigenvalue weighted by Gasteiger charge is 2.13. The van der Waals surface area contributed by atoms with Gasteiger partial charge >= 0.3 is 0 Å². The number of aromatic amines is 1. The van der Waals surface area contributed by atoms with Gasteiger partial charge < -0.3 is 4.98 Å². The molecule has 0 fully saturated rings. The minimum absolute atomic E-state index is 0.0723. The Morgan fingerprint density at radius 1 is 1.04 bits per heavy atom. The van der Waals surface area contributed by atoms with Gasteiger partial charge in [0.2, 0.25) is 0 Å². The van der Waals surface area contributed by atoms with Gasteiger partial charge in [-0.15, -0.1) is 0 Å². The van der Waals surface area contributed by atoms with E-state index >= 15 is 0 Å². The average Bonchev–Trinajstić information content (AvgIpc) is 2.54. The van der Waals surface area contributed by atoms with Crippen LogP contribution in [0.2, 0.25) is 5.02 Å². The fourth-order valence-electron chi connectivity index (χ4n) is 2.38. The summed E-state index contributed by atoms with van der Waals surface area (Å²) in [6, 6.07) is 18.4. The van der Waals surface area contributed by atoms with Crippen LogP contribution in [-0.4, -0.2) is 4.98 Å². The molecule has 3 aromatic rings. The summed E-state index contributed by atoms with van der Waals surface area (Å²) in [6.07, 6.45) is 0. The second kappa shape index (κ2) is 6.41.